The Bertz CT molecular complexity index is 1140. The number of rotatable bonds is 5. The molecule has 0 spiro atoms. The van der Waals surface area contributed by atoms with Crippen molar-refractivity contribution < 1.29 is 14.0 Å². The van der Waals surface area contributed by atoms with Crippen molar-refractivity contribution in [3.05, 3.63) is 72.2 Å². The Morgan fingerprint density at radius 3 is 2.66 bits per heavy atom. The quantitative estimate of drug-likeness (QED) is 0.571. The molecule has 3 N–H and O–H groups in total. The molecule has 2 amide bonds. The molecule has 0 aliphatic carbocycles. The lowest BCUT2D eigenvalue weighted by Gasteiger charge is -2.33. The number of hydrogen-bond acceptors (Lipinski definition) is 5. The van der Waals surface area contributed by atoms with E-state index in [0.29, 0.717) is 35.7 Å². The van der Waals surface area contributed by atoms with Gasteiger partial charge in [-0.2, -0.15) is 0 Å². The maximum atomic E-state index is 15.5. The van der Waals surface area contributed by atoms with Crippen LogP contribution < -0.4 is 16.0 Å². The molecular formula is C24H23FN4O2S. The first-order valence-corrected chi connectivity index (χ1v) is 11.5. The Balaban J connectivity index is 1.59. The fourth-order valence-electron chi connectivity index (χ4n) is 3.83. The van der Waals surface area contributed by atoms with Crippen LogP contribution in [0, 0.1) is 5.82 Å². The molecule has 1 aromatic heterocycles. The lowest BCUT2D eigenvalue weighted by molar-refractivity contribution is -0.121. The van der Waals surface area contributed by atoms with Gasteiger partial charge in [-0.15, -0.1) is 11.8 Å². The van der Waals surface area contributed by atoms with E-state index in [4.69, 9.17) is 5.73 Å². The fraction of sp³-hybridized carbons (Fsp3) is 0.208. The van der Waals surface area contributed by atoms with Crippen molar-refractivity contribution in [1.29, 1.82) is 0 Å². The number of hydrogen-bond donors (Lipinski definition) is 2. The molecular weight excluding hydrogens is 427 g/mol. The Labute approximate surface area is 190 Å². The van der Waals surface area contributed by atoms with E-state index in [-0.39, 0.29) is 11.6 Å². The van der Waals surface area contributed by atoms with E-state index >= 15 is 4.39 Å². The molecule has 1 atom stereocenters. The summed E-state index contributed by atoms with van der Waals surface area (Å²) in [6.45, 7) is 0.393. The number of nitrogens with two attached hydrogens (primary N) is 1. The summed E-state index contributed by atoms with van der Waals surface area (Å²) in [7, 11) is 0. The van der Waals surface area contributed by atoms with Crippen LogP contribution in [0.2, 0.25) is 0 Å². The standard InChI is InChI=1S/C24H23FN4O2S/c1-32-22-17(15-6-3-2-4-7-15)10-11-19(21(22)25)29-13-5-8-18(24(29)31)28-23(30)16-9-12-20(26)27-14-16/h2-4,6-7,9-12,14,18H,5,8,13H2,1H3,(H2,26,27)(H,28,30). The van der Waals surface area contributed by atoms with Crippen LogP contribution in [0.25, 0.3) is 11.1 Å². The molecule has 2 aromatic carbocycles. The number of nitrogens with one attached hydrogen (secondary N) is 1. The molecule has 32 heavy (non-hydrogen) atoms. The summed E-state index contributed by atoms with van der Waals surface area (Å²) in [4.78, 5) is 31.5. The van der Waals surface area contributed by atoms with Gasteiger partial charge < -0.3 is 16.0 Å². The summed E-state index contributed by atoms with van der Waals surface area (Å²) < 4.78 is 15.5. The average Bonchev–Trinajstić information content (AvgIpc) is 2.81. The average molecular weight is 451 g/mol. The number of halogens is 1. The van der Waals surface area contributed by atoms with Crippen molar-refractivity contribution in [3.8, 4) is 11.1 Å². The van der Waals surface area contributed by atoms with Gasteiger partial charge in [0.1, 0.15) is 11.9 Å². The molecule has 1 saturated heterocycles. The zero-order chi connectivity index (χ0) is 22.7. The third-order valence-corrected chi connectivity index (χ3v) is 6.26. The summed E-state index contributed by atoms with van der Waals surface area (Å²) in [6, 6.07) is 15.4. The molecule has 1 aliphatic rings. The molecule has 0 bridgehead atoms. The number of carbonyl (C=O) groups is 2. The van der Waals surface area contributed by atoms with Crippen LogP contribution in [0.15, 0.2) is 65.7 Å². The highest BCUT2D eigenvalue weighted by Gasteiger charge is 2.33. The monoisotopic (exact) mass is 450 g/mol. The maximum absolute atomic E-state index is 15.5. The second-order valence-corrected chi connectivity index (χ2v) is 8.29. The molecule has 164 valence electrons. The van der Waals surface area contributed by atoms with E-state index in [2.05, 4.69) is 10.3 Å². The molecule has 0 saturated carbocycles. The van der Waals surface area contributed by atoms with Crippen LogP contribution in [0.4, 0.5) is 15.9 Å². The van der Waals surface area contributed by atoms with Gasteiger partial charge in [0.25, 0.3) is 5.91 Å². The van der Waals surface area contributed by atoms with Gasteiger partial charge in [0.15, 0.2) is 5.82 Å². The van der Waals surface area contributed by atoms with Crippen molar-refractivity contribution in [2.45, 2.75) is 23.8 Å². The zero-order valence-corrected chi connectivity index (χ0v) is 18.4. The largest absolute Gasteiger partial charge is 0.384 e. The Morgan fingerprint density at radius 1 is 1.19 bits per heavy atom. The zero-order valence-electron chi connectivity index (χ0n) is 17.5. The lowest BCUT2D eigenvalue weighted by atomic mass is 10.0. The second kappa shape index (κ2) is 9.40. The topological polar surface area (TPSA) is 88.3 Å². The minimum Gasteiger partial charge on any atom is -0.384 e. The van der Waals surface area contributed by atoms with Crippen LogP contribution in [-0.4, -0.2) is 35.6 Å². The predicted molar refractivity (Wildman–Crippen MR) is 125 cm³/mol. The lowest BCUT2D eigenvalue weighted by Crippen LogP contribution is -2.52. The van der Waals surface area contributed by atoms with E-state index in [1.807, 2.05) is 42.7 Å². The number of piperidine rings is 1. The third kappa shape index (κ3) is 4.31. The molecule has 1 unspecified atom stereocenters. The number of benzene rings is 2. The van der Waals surface area contributed by atoms with E-state index < -0.39 is 17.8 Å². The van der Waals surface area contributed by atoms with E-state index in [9.17, 15) is 9.59 Å². The summed E-state index contributed by atoms with van der Waals surface area (Å²) in [5.41, 5.74) is 7.79. The van der Waals surface area contributed by atoms with Crippen molar-refractivity contribution in [2.24, 2.45) is 0 Å². The van der Waals surface area contributed by atoms with Gasteiger partial charge in [-0.25, -0.2) is 9.37 Å². The number of nitrogen functional groups attached to an aromatic ring is 1. The molecule has 8 heteroatoms. The number of anilines is 2. The van der Waals surface area contributed by atoms with Crippen molar-refractivity contribution >= 4 is 35.1 Å². The number of thioether (sulfide) groups is 1. The third-order valence-electron chi connectivity index (χ3n) is 5.45. The first-order chi connectivity index (χ1) is 15.5. The summed E-state index contributed by atoms with van der Waals surface area (Å²) in [5.74, 6) is -0.865. The molecule has 6 nitrogen and oxygen atoms in total. The maximum Gasteiger partial charge on any atom is 0.253 e. The van der Waals surface area contributed by atoms with Gasteiger partial charge >= 0.3 is 0 Å². The van der Waals surface area contributed by atoms with Crippen LogP contribution in [0.1, 0.15) is 23.2 Å². The first kappa shape index (κ1) is 21.8. The number of aromatic nitrogens is 1. The van der Waals surface area contributed by atoms with Gasteiger partial charge in [0.2, 0.25) is 5.91 Å². The van der Waals surface area contributed by atoms with Crippen LogP contribution in [0.5, 0.6) is 0 Å². The van der Waals surface area contributed by atoms with Crippen LogP contribution >= 0.6 is 11.8 Å². The smallest absolute Gasteiger partial charge is 0.253 e. The number of carbonyl (C=O) groups excluding carboxylic acids is 2. The van der Waals surface area contributed by atoms with Crippen molar-refractivity contribution in [2.75, 3.05) is 23.4 Å². The van der Waals surface area contributed by atoms with Crippen molar-refractivity contribution in [3.63, 3.8) is 0 Å². The Hall–Kier alpha value is -3.39. The Kier molecular flexibility index (Phi) is 6.41. The van der Waals surface area contributed by atoms with Crippen LogP contribution in [0.3, 0.4) is 0 Å². The molecule has 0 radical (unpaired) electrons. The predicted octanol–water partition coefficient (Wildman–Crippen LogP) is 4.12. The molecule has 3 aromatic rings. The normalized spacial score (nSPS) is 16.1. The highest BCUT2D eigenvalue weighted by atomic mass is 32.2. The van der Waals surface area contributed by atoms with Gasteiger partial charge in [-0.3, -0.25) is 9.59 Å². The second-order valence-electron chi connectivity index (χ2n) is 7.48. The molecule has 1 fully saturated rings. The molecule has 1 aliphatic heterocycles. The van der Waals surface area contributed by atoms with Crippen molar-refractivity contribution in [1.82, 2.24) is 10.3 Å². The number of amides is 2. The van der Waals surface area contributed by atoms with E-state index in [1.165, 1.54) is 28.9 Å². The molecule has 2 heterocycles. The number of pyridine rings is 1. The van der Waals surface area contributed by atoms with E-state index in [1.54, 1.807) is 12.1 Å². The first-order valence-electron chi connectivity index (χ1n) is 10.2. The van der Waals surface area contributed by atoms with Gasteiger partial charge in [0, 0.05) is 12.7 Å². The summed E-state index contributed by atoms with van der Waals surface area (Å²) in [6.07, 6.45) is 4.31. The SMILES string of the molecule is CSc1c(-c2ccccc2)ccc(N2CCCC(NC(=O)c3ccc(N)nc3)C2=O)c1F. The van der Waals surface area contributed by atoms with E-state index in [0.717, 1.165) is 11.1 Å². The Morgan fingerprint density at radius 2 is 1.97 bits per heavy atom. The van der Waals surface area contributed by atoms with Gasteiger partial charge in [-0.1, -0.05) is 36.4 Å². The highest BCUT2D eigenvalue weighted by Crippen LogP contribution is 2.38. The summed E-state index contributed by atoms with van der Waals surface area (Å²) >= 11 is 1.31. The number of nitrogens with zero attached hydrogens (tertiary/aromatic N) is 2. The highest BCUT2D eigenvalue weighted by molar-refractivity contribution is 7.98. The van der Waals surface area contributed by atoms with Crippen LogP contribution in [-0.2, 0) is 4.79 Å². The minimum absolute atomic E-state index is 0.229. The van der Waals surface area contributed by atoms with Gasteiger partial charge in [-0.05, 0) is 48.4 Å². The molecule has 4 rings (SSSR count). The van der Waals surface area contributed by atoms with Gasteiger partial charge in [0.05, 0.1) is 16.1 Å². The minimum atomic E-state index is -0.736. The summed E-state index contributed by atoms with van der Waals surface area (Å²) in [5, 5.41) is 2.75. The fourth-order valence-corrected chi connectivity index (χ4v) is 4.52.